The van der Waals surface area contributed by atoms with Crippen LogP contribution in [-0.2, 0) is 32.1 Å². The largest absolute Gasteiger partial charge is 0.507 e. The van der Waals surface area contributed by atoms with Crippen molar-refractivity contribution in [2.24, 2.45) is 23.5 Å². The number of hydrogen-bond acceptors (Lipinski definition) is 8. The fraction of sp³-hybridized carbons (Fsp3) is 0.393. The van der Waals surface area contributed by atoms with Crippen LogP contribution in [0.3, 0.4) is 0 Å². The van der Waals surface area contributed by atoms with Crippen LogP contribution in [0, 0.1) is 21.3 Å². The van der Waals surface area contributed by atoms with Gasteiger partial charge in [-0.2, -0.15) is 0 Å². The van der Waals surface area contributed by atoms with E-state index in [1.54, 1.807) is 25.1 Å². The molecule has 5 rings (SSSR count). The summed E-state index contributed by atoms with van der Waals surface area (Å²) in [4.78, 5) is 42.2. The molecule has 0 bridgehead atoms. The lowest BCUT2D eigenvalue weighted by Crippen LogP contribution is -2.73. The second-order valence-electron chi connectivity index (χ2n) is 10.5. The average Bonchev–Trinajstić information content (AvgIpc) is 2.87. The minimum atomic E-state index is -2.59. The zero-order chi connectivity index (χ0) is 27.5. The van der Waals surface area contributed by atoms with Crippen molar-refractivity contribution in [3.05, 3.63) is 68.3 Å². The van der Waals surface area contributed by atoms with E-state index in [0.29, 0.717) is 12.0 Å². The van der Waals surface area contributed by atoms with E-state index in [0.717, 1.165) is 9.13 Å². The molecular weight excluding hydrogens is 603 g/mol. The van der Waals surface area contributed by atoms with Crippen LogP contribution < -0.4 is 5.73 Å². The molecule has 3 aliphatic rings. The molecule has 10 heteroatoms. The number of rotatable bonds is 5. The number of aliphatic hydroxyl groups is 2. The molecule has 0 radical (unpaired) electrons. The Morgan fingerprint density at radius 3 is 2.47 bits per heavy atom. The summed E-state index contributed by atoms with van der Waals surface area (Å²) in [7, 11) is 3.48. The number of carbonyl (C=O) groups excluding carboxylic acids is 3. The first-order chi connectivity index (χ1) is 18.0. The van der Waals surface area contributed by atoms with Gasteiger partial charge in [0.1, 0.15) is 17.4 Å². The summed E-state index contributed by atoms with van der Waals surface area (Å²) >= 11 is 2.11. The summed E-state index contributed by atoms with van der Waals surface area (Å²) in [6.07, 6.45) is -0.492. The first-order valence-corrected chi connectivity index (χ1v) is 13.4. The van der Waals surface area contributed by atoms with Gasteiger partial charge in [-0.05, 0) is 78.7 Å². The molecule has 200 valence electrons. The summed E-state index contributed by atoms with van der Waals surface area (Å²) in [5.74, 6) is -6.63. The maximum atomic E-state index is 14.0. The maximum absolute atomic E-state index is 14.0. The average molecular weight is 632 g/mol. The van der Waals surface area contributed by atoms with Crippen molar-refractivity contribution in [1.29, 1.82) is 0 Å². The van der Waals surface area contributed by atoms with Gasteiger partial charge in [0.25, 0.3) is 0 Å². The zero-order valence-electron chi connectivity index (χ0n) is 20.9. The van der Waals surface area contributed by atoms with Crippen LogP contribution in [0.1, 0.15) is 23.1 Å². The zero-order valence-corrected chi connectivity index (χ0v) is 23.1. The Balaban J connectivity index is 1.62. The number of ketones is 2. The minimum absolute atomic E-state index is 0.103. The highest BCUT2D eigenvalue weighted by Crippen LogP contribution is 2.53. The summed E-state index contributed by atoms with van der Waals surface area (Å²) in [5, 5.41) is 33.6. The number of hydrogen-bond donors (Lipinski definition) is 4. The number of aliphatic hydroxyl groups excluding tert-OH is 1. The van der Waals surface area contributed by atoms with Gasteiger partial charge in [0.15, 0.2) is 11.4 Å². The molecule has 2 fully saturated rings. The molecule has 2 saturated carbocycles. The van der Waals surface area contributed by atoms with Gasteiger partial charge in [0, 0.05) is 21.1 Å². The first-order valence-electron chi connectivity index (χ1n) is 12.3. The third-order valence-electron chi connectivity index (χ3n) is 8.17. The van der Waals surface area contributed by atoms with Crippen molar-refractivity contribution in [3.8, 4) is 5.75 Å². The van der Waals surface area contributed by atoms with E-state index in [1.807, 2.05) is 30.3 Å². The van der Waals surface area contributed by atoms with Gasteiger partial charge < -0.3 is 30.7 Å². The highest BCUT2D eigenvalue weighted by molar-refractivity contribution is 14.1. The number of phenols is 1. The number of likely N-dealkylation sites (N-methyl/N-ethyl adjacent to an activating group) is 1. The topological polar surface area (TPSA) is 150 Å². The smallest absolute Gasteiger partial charge is 0.230 e. The van der Waals surface area contributed by atoms with E-state index >= 15 is 0 Å². The lowest BCUT2D eigenvalue weighted by atomic mass is 9.54. The van der Waals surface area contributed by atoms with Gasteiger partial charge in [0.05, 0.1) is 18.3 Å². The van der Waals surface area contributed by atoms with Crippen LogP contribution in [0.25, 0.3) is 5.76 Å². The summed E-state index contributed by atoms with van der Waals surface area (Å²) in [6, 6.07) is 11.7. The van der Waals surface area contributed by atoms with Crippen molar-refractivity contribution >= 4 is 45.8 Å². The molecule has 5 N–H and O–H groups in total. The number of halogens is 1. The van der Waals surface area contributed by atoms with Gasteiger partial charge in [-0.1, -0.05) is 30.3 Å². The van der Waals surface area contributed by atoms with E-state index in [-0.39, 0.29) is 29.9 Å². The quantitative estimate of drug-likeness (QED) is 0.289. The molecule has 6 atom stereocenters. The number of amides is 1. The number of nitrogens with two attached hydrogens (primary N) is 1. The van der Waals surface area contributed by atoms with E-state index in [4.69, 9.17) is 10.5 Å². The molecule has 3 aliphatic carbocycles. The molecule has 2 aromatic carbocycles. The van der Waals surface area contributed by atoms with E-state index in [1.165, 1.54) is 6.07 Å². The number of Topliss-reactive ketones (excluding diaryl/α,β-unsaturated/α-hetero) is 2. The van der Waals surface area contributed by atoms with Crippen LogP contribution in [0.2, 0.25) is 0 Å². The summed E-state index contributed by atoms with van der Waals surface area (Å²) < 4.78 is 7.00. The predicted molar refractivity (Wildman–Crippen MR) is 146 cm³/mol. The lowest BCUT2D eigenvalue weighted by molar-refractivity contribution is -0.190. The van der Waals surface area contributed by atoms with E-state index < -0.39 is 58.7 Å². The van der Waals surface area contributed by atoms with Crippen LogP contribution in [0.4, 0.5) is 0 Å². The summed E-state index contributed by atoms with van der Waals surface area (Å²) in [6.45, 7) is 0.103. The van der Waals surface area contributed by atoms with Crippen molar-refractivity contribution in [2.75, 3.05) is 14.1 Å². The van der Waals surface area contributed by atoms with Crippen molar-refractivity contribution < 1.29 is 34.4 Å². The predicted octanol–water partition coefficient (Wildman–Crippen LogP) is 1.96. The number of benzene rings is 2. The van der Waals surface area contributed by atoms with Gasteiger partial charge in [0.2, 0.25) is 11.7 Å². The molecular formula is C28H29IN2O7. The van der Waals surface area contributed by atoms with E-state index in [2.05, 4.69) is 22.6 Å². The Hall–Kier alpha value is -2.80. The van der Waals surface area contributed by atoms with Gasteiger partial charge in [-0.15, -0.1) is 0 Å². The van der Waals surface area contributed by atoms with Crippen LogP contribution in [-0.4, -0.2) is 69.5 Å². The Kier molecular flexibility index (Phi) is 6.87. The molecule has 0 aromatic heterocycles. The van der Waals surface area contributed by atoms with Crippen molar-refractivity contribution in [3.63, 3.8) is 0 Å². The van der Waals surface area contributed by atoms with E-state index in [9.17, 15) is 29.7 Å². The number of phenolic OH excluding ortho intramolecular Hbond substituents is 1. The second-order valence-corrected chi connectivity index (χ2v) is 11.6. The number of carbonyl (C=O) groups is 3. The number of fused-ring (bicyclic) bond motifs is 3. The fourth-order valence-corrected chi connectivity index (χ4v) is 7.16. The van der Waals surface area contributed by atoms with Gasteiger partial charge >= 0.3 is 0 Å². The molecule has 2 unspecified atom stereocenters. The Morgan fingerprint density at radius 2 is 1.84 bits per heavy atom. The SMILES string of the molecule is CN(C)[C@@H]1C(OCc2ccccc2)C(C(N)=O)C(=O)[C@@]2(O)C(=O)C3=C(O)c4c(O)ccc(I)c4C[C@H]3C[C@@H]12. The molecule has 2 aromatic rings. The van der Waals surface area contributed by atoms with Gasteiger partial charge in [-0.3, -0.25) is 14.4 Å². The van der Waals surface area contributed by atoms with Crippen LogP contribution in [0.15, 0.2) is 48.0 Å². The summed E-state index contributed by atoms with van der Waals surface area (Å²) in [5.41, 5.74) is 4.65. The molecule has 38 heavy (non-hydrogen) atoms. The first kappa shape index (κ1) is 26.8. The number of nitrogens with zero attached hydrogens (tertiary/aromatic N) is 1. The third kappa shape index (κ3) is 3.96. The Morgan fingerprint density at radius 1 is 1.16 bits per heavy atom. The van der Waals surface area contributed by atoms with Crippen molar-refractivity contribution in [2.45, 2.75) is 37.2 Å². The number of primary amides is 1. The molecule has 1 amide bonds. The molecule has 0 saturated heterocycles. The second kappa shape index (κ2) is 9.74. The van der Waals surface area contributed by atoms with Crippen LogP contribution >= 0.6 is 22.6 Å². The monoisotopic (exact) mass is 632 g/mol. The standard InChI is InChI=1S/C28H29IN2O7/c1-31(2)22-16-11-14-10-15-17(29)8-9-18(32)20(15)23(33)19(14)25(34)28(16,37)26(35)21(27(30)36)24(22)38-12-13-6-4-3-5-7-13/h3-9,14,16,21-22,24,32-33,37H,10-12H2,1-2H3,(H2,30,36)/t14-,16-,21?,22-,24?,28-/m0/s1. The maximum Gasteiger partial charge on any atom is 0.230 e. The lowest BCUT2D eigenvalue weighted by Gasteiger charge is -2.54. The highest BCUT2D eigenvalue weighted by atomic mass is 127. The molecule has 9 nitrogen and oxygen atoms in total. The molecule has 0 spiro atoms. The number of aromatic hydroxyl groups is 1. The van der Waals surface area contributed by atoms with Crippen molar-refractivity contribution in [1.82, 2.24) is 4.90 Å². The van der Waals surface area contributed by atoms with Crippen LogP contribution in [0.5, 0.6) is 5.75 Å². The van der Waals surface area contributed by atoms with Gasteiger partial charge in [-0.25, -0.2) is 0 Å². The number of ether oxygens (including phenoxy) is 1. The minimum Gasteiger partial charge on any atom is -0.507 e. The Bertz CT molecular complexity index is 1360. The highest BCUT2D eigenvalue weighted by Gasteiger charge is 2.68. The molecule has 0 aliphatic heterocycles. The fourth-order valence-electron chi connectivity index (χ4n) is 6.50. The normalized spacial score (nSPS) is 30.6. The third-order valence-corrected chi connectivity index (χ3v) is 9.18. The molecule has 0 heterocycles. The Labute approximate surface area is 233 Å².